The molecule has 0 aromatic carbocycles. The maximum Gasteiger partial charge on any atom is -1.00 e. The van der Waals surface area contributed by atoms with Crippen molar-refractivity contribution in [2.24, 2.45) is 0 Å². The van der Waals surface area contributed by atoms with Gasteiger partial charge in [0.05, 0.1) is 0 Å². The van der Waals surface area contributed by atoms with Crippen molar-refractivity contribution in [2.45, 2.75) is 49.0 Å². The second kappa shape index (κ2) is 6.35. The Morgan fingerprint density at radius 3 is 1.26 bits per heavy atom. The molecule has 0 aliphatic heterocycles. The van der Waals surface area contributed by atoms with Crippen LogP contribution in [0.2, 0.25) is 7.44 Å². The number of allylic oxidation sites excluding steroid dienone is 8. The van der Waals surface area contributed by atoms with Crippen LogP contribution in [0.25, 0.3) is 0 Å². The van der Waals surface area contributed by atoms with Gasteiger partial charge in [-0.15, -0.1) is 0 Å². The van der Waals surface area contributed by atoms with Crippen molar-refractivity contribution < 1.29 is 44.0 Å². The molecular formula is C16H22Cl2Ti. The summed E-state index contributed by atoms with van der Waals surface area (Å²) in [6, 6.07) is 0. The van der Waals surface area contributed by atoms with Gasteiger partial charge in [-0.25, -0.2) is 0 Å². The molecule has 2 atom stereocenters. The van der Waals surface area contributed by atoms with E-state index in [-0.39, 0.29) is 44.0 Å². The summed E-state index contributed by atoms with van der Waals surface area (Å²) < 4.78 is 0.712. The van der Waals surface area contributed by atoms with E-state index in [4.69, 9.17) is 0 Å². The SMILES string of the molecule is CC1=C(C)[C](C)([Ti+2][C]2(C)C=CC(C)=C2C)C=C1.[Cl-].[Cl-]. The topological polar surface area (TPSA) is 0 Å². The van der Waals surface area contributed by atoms with Crippen LogP contribution in [0.3, 0.4) is 0 Å². The van der Waals surface area contributed by atoms with Crippen LogP contribution in [0.15, 0.2) is 46.6 Å². The van der Waals surface area contributed by atoms with Crippen molar-refractivity contribution in [2.75, 3.05) is 0 Å². The molecule has 2 rings (SSSR count). The second-order valence-electron chi connectivity index (χ2n) is 5.81. The number of halogens is 2. The van der Waals surface area contributed by atoms with Gasteiger partial charge in [-0.2, -0.15) is 0 Å². The summed E-state index contributed by atoms with van der Waals surface area (Å²) in [5.74, 6) is 0. The van der Waals surface area contributed by atoms with Gasteiger partial charge in [0.25, 0.3) is 0 Å². The fraction of sp³-hybridized carbons (Fsp3) is 0.500. The summed E-state index contributed by atoms with van der Waals surface area (Å²) in [6.07, 6.45) is 9.51. The van der Waals surface area contributed by atoms with Crippen LogP contribution in [0, 0.1) is 0 Å². The van der Waals surface area contributed by atoms with Crippen molar-refractivity contribution in [1.29, 1.82) is 0 Å². The second-order valence-corrected chi connectivity index (χ2v) is 9.45. The third-order valence-corrected chi connectivity index (χ3v) is 7.91. The Hall–Kier alpha value is 0.254. The largest absolute Gasteiger partial charge is 1.00 e. The zero-order valence-corrected chi connectivity index (χ0v) is 15.6. The molecule has 3 heteroatoms. The minimum absolute atomic E-state index is 0. The third-order valence-electron chi connectivity index (χ3n) is 4.59. The molecule has 0 heterocycles. The summed E-state index contributed by atoms with van der Waals surface area (Å²) in [7, 11) is 0. The van der Waals surface area contributed by atoms with E-state index in [1.54, 1.807) is 11.1 Å². The van der Waals surface area contributed by atoms with Gasteiger partial charge >= 0.3 is 115 Å². The number of hydrogen-bond acceptors (Lipinski definition) is 0. The summed E-state index contributed by atoms with van der Waals surface area (Å²) in [5.41, 5.74) is 6.12. The predicted octanol–water partition coefficient (Wildman–Crippen LogP) is -0.753. The van der Waals surface area contributed by atoms with Gasteiger partial charge < -0.3 is 24.8 Å². The summed E-state index contributed by atoms with van der Waals surface area (Å²) in [6.45, 7) is 14.0. The van der Waals surface area contributed by atoms with E-state index >= 15 is 0 Å². The van der Waals surface area contributed by atoms with Gasteiger partial charge in [0, 0.05) is 0 Å². The minimum Gasteiger partial charge on any atom is -1.00 e. The molecule has 0 amide bonds. The first-order valence-electron chi connectivity index (χ1n) is 6.32. The summed E-state index contributed by atoms with van der Waals surface area (Å²) >= 11 is -0.131. The molecule has 0 saturated heterocycles. The van der Waals surface area contributed by atoms with Crippen LogP contribution in [-0.2, 0) is 19.2 Å². The normalized spacial score (nSPS) is 32.3. The summed E-state index contributed by atoms with van der Waals surface area (Å²) in [4.78, 5) is 0. The van der Waals surface area contributed by atoms with Crippen molar-refractivity contribution in [3.63, 3.8) is 0 Å². The van der Waals surface area contributed by atoms with E-state index in [9.17, 15) is 0 Å². The average Bonchev–Trinajstić information content (AvgIpc) is 2.66. The molecule has 2 unspecified atom stereocenters. The predicted molar refractivity (Wildman–Crippen MR) is 71.8 cm³/mol. The molecule has 0 spiro atoms. The number of hydrogen-bond donors (Lipinski definition) is 0. The van der Waals surface area contributed by atoms with Gasteiger partial charge in [-0.3, -0.25) is 0 Å². The third kappa shape index (κ3) is 3.30. The smallest absolute Gasteiger partial charge is 1.00 e. The Bertz CT molecular complexity index is 441. The first-order valence-corrected chi connectivity index (χ1v) is 7.88. The molecule has 104 valence electrons. The Morgan fingerprint density at radius 1 is 0.737 bits per heavy atom. The van der Waals surface area contributed by atoms with Crippen molar-refractivity contribution in [3.8, 4) is 0 Å². The molecule has 0 saturated carbocycles. The van der Waals surface area contributed by atoms with E-state index in [2.05, 4.69) is 65.8 Å². The molecule has 0 N–H and O–H groups in total. The zero-order chi connectivity index (χ0) is 12.8. The number of rotatable bonds is 2. The molecule has 2 aliphatic rings. The van der Waals surface area contributed by atoms with E-state index < -0.39 is 0 Å². The minimum atomic E-state index is -0.131. The fourth-order valence-electron chi connectivity index (χ4n) is 2.71. The Labute approximate surface area is 139 Å². The molecule has 0 bridgehead atoms. The maximum absolute atomic E-state index is 2.44. The van der Waals surface area contributed by atoms with Crippen LogP contribution in [0.1, 0.15) is 41.5 Å². The van der Waals surface area contributed by atoms with Crippen LogP contribution >= 0.6 is 0 Å². The molecule has 0 aromatic heterocycles. The fourth-order valence-corrected chi connectivity index (χ4v) is 6.12. The monoisotopic (exact) mass is 332 g/mol. The van der Waals surface area contributed by atoms with Crippen LogP contribution in [0.4, 0.5) is 0 Å². The van der Waals surface area contributed by atoms with Crippen LogP contribution in [0.5, 0.6) is 0 Å². The molecule has 2 aliphatic carbocycles. The molecule has 0 fully saturated rings. The van der Waals surface area contributed by atoms with Crippen molar-refractivity contribution in [3.05, 3.63) is 46.6 Å². The Balaban J connectivity index is 0.00000162. The van der Waals surface area contributed by atoms with Gasteiger partial charge in [-0.1, -0.05) is 0 Å². The van der Waals surface area contributed by atoms with E-state index in [0.29, 0.717) is 7.44 Å². The van der Waals surface area contributed by atoms with Gasteiger partial charge in [0.1, 0.15) is 0 Å². The zero-order valence-electron chi connectivity index (χ0n) is 12.6. The first-order chi connectivity index (χ1) is 7.78. The molecular weight excluding hydrogens is 311 g/mol. The molecule has 0 aromatic rings. The van der Waals surface area contributed by atoms with Crippen molar-refractivity contribution >= 4 is 0 Å². The van der Waals surface area contributed by atoms with Gasteiger partial charge in [-0.05, 0) is 0 Å². The van der Waals surface area contributed by atoms with E-state index in [0.717, 1.165) is 0 Å². The van der Waals surface area contributed by atoms with Crippen LogP contribution < -0.4 is 24.8 Å². The van der Waals surface area contributed by atoms with Gasteiger partial charge in [0.2, 0.25) is 0 Å². The van der Waals surface area contributed by atoms with E-state index in [1.807, 2.05) is 0 Å². The van der Waals surface area contributed by atoms with Crippen LogP contribution in [-0.4, -0.2) is 0 Å². The molecule has 0 radical (unpaired) electrons. The van der Waals surface area contributed by atoms with Gasteiger partial charge in [0.15, 0.2) is 0 Å². The standard InChI is InChI=1S/2C8H11.2ClH.Ti/c2*1-6-4-5-7(2)8(6)3;;;/h2*4-5H,1-3H3;2*1H;/q;;;;+2/p-2. The quantitative estimate of drug-likeness (QED) is 0.584. The van der Waals surface area contributed by atoms with Crippen molar-refractivity contribution in [1.82, 2.24) is 0 Å². The summed E-state index contributed by atoms with van der Waals surface area (Å²) in [5, 5.41) is 0. The first kappa shape index (κ1) is 19.3. The molecule has 0 nitrogen and oxygen atoms in total. The maximum atomic E-state index is 2.44. The Morgan fingerprint density at radius 2 is 1.05 bits per heavy atom. The molecule has 19 heavy (non-hydrogen) atoms. The Kier molecular flexibility index (Phi) is 6.44. The average molecular weight is 333 g/mol. The van der Waals surface area contributed by atoms with E-state index in [1.165, 1.54) is 11.1 Å².